The van der Waals surface area contributed by atoms with E-state index in [1.807, 2.05) is 19.1 Å². The third-order valence-corrected chi connectivity index (χ3v) is 2.99. The topological polar surface area (TPSA) is 47.0 Å². The summed E-state index contributed by atoms with van der Waals surface area (Å²) < 4.78 is 18.7. The molecule has 2 aromatic rings. The minimum absolute atomic E-state index is 0.151. The van der Waals surface area contributed by atoms with Gasteiger partial charge in [-0.15, -0.1) is 0 Å². The number of hydrogen-bond donors (Lipinski definition) is 1. The Morgan fingerprint density at radius 3 is 2.35 bits per heavy atom. The van der Waals surface area contributed by atoms with Gasteiger partial charge < -0.3 is 10.1 Å². The third kappa shape index (κ3) is 3.23. The summed E-state index contributed by atoms with van der Waals surface area (Å²) >= 11 is 0. The van der Waals surface area contributed by atoms with E-state index in [0.717, 1.165) is 11.3 Å². The van der Waals surface area contributed by atoms with Crippen molar-refractivity contribution < 1.29 is 9.13 Å². The molecule has 1 aromatic heterocycles. The van der Waals surface area contributed by atoms with Crippen LogP contribution in [0.25, 0.3) is 0 Å². The van der Waals surface area contributed by atoms with E-state index >= 15 is 0 Å². The van der Waals surface area contributed by atoms with Crippen molar-refractivity contribution in [3.8, 4) is 5.88 Å². The number of aromatic nitrogens is 2. The standard InChI is InChI=1S/C15H18FN3O/c1-9-5-12(6-10(2)14(9)16)8-17-15-18-11(3)7-13(19-15)20-4/h5-7H,8H2,1-4H3,(H,17,18,19). The molecular formula is C15H18FN3O. The predicted octanol–water partition coefficient (Wildman–Crippen LogP) is 3.16. The minimum Gasteiger partial charge on any atom is -0.481 e. The highest BCUT2D eigenvalue weighted by atomic mass is 19.1. The Balaban J connectivity index is 2.14. The van der Waals surface area contributed by atoms with Gasteiger partial charge in [0.1, 0.15) is 5.82 Å². The first-order valence-electron chi connectivity index (χ1n) is 6.38. The van der Waals surface area contributed by atoms with Crippen LogP contribution in [-0.4, -0.2) is 17.1 Å². The first-order chi connectivity index (χ1) is 9.49. The Morgan fingerprint density at radius 1 is 1.10 bits per heavy atom. The highest BCUT2D eigenvalue weighted by Gasteiger charge is 2.06. The lowest BCUT2D eigenvalue weighted by molar-refractivity contribution is 0.397. The molecule has 0 atom stereocenters. The van der Waals surface area contributed by atoms with Crippen LogP contribution in [0, 0.1) is 26.6 Å². The normalized spacial score (nSPS) is 10.4. The first kappa shape index (κ1) is 14.2. The van der Waals surface area contributed by atoms with Crippen LogP contribution in [0.15, 0.2) is 18.2 Å². The van der Waals surface area contributed by atoms with Crippen molar-refractivity contribution >= 4 is 5.95 Å². The fourth-order valence-corrected chi connectivity index (χ4v) is 2.04. The summed E-state index contributed by atoms with van der Waals surface area (Å²) in [6.45, 7) is 5.94. The molecule has 106 valence electrons. The van der Waals surface area contributed by atoms with Crippen LogP contribution in [0.2, 0.25) is 0 Å². The minimum atomic E-state index is -0.151. The monoisotopic (exact) mass is 275 g/mol. The number of nitrogens with one attached hydrogen (secondary N) is 1. The van der Waals surface area contributed by atoms with Crippen molar-refractivity contribution in [3.63, 3.8) is 0 Å². The Bertz CT molecular complexity index is 606. The number of aryl methyl sites for hydroxylation is 3. The number of anilines is 1. The number of methoxy groups -OCH3 is 1. The Morgan fingerprint density at radius 2 is 1.75 bits per heavy atom. The van der Waals surface area contributed by atoms with Gasteiger partial charge in [0, 0.05) is 18.3 Å². The van der Waals surface area contributed by atoms with E-state index in [0.29, 0.717) is 29.5 Å². The summed E-state index contributed by atoms with van der Waals surface area (Å²) in [4.78, 5) is 8.49. The number of ether oxygens (including phenoxy) is 1. The van der Waals surface area contributed by atoms with Gasteiger partial charge >= 0.3 is 0 Å². The summed E-state index contributed by atoms with van der Waals surface area (Å²) in [5.41, 5.74) is 3.10. The molecule has 0 aliphatic carbocycles. The van der Waals surface area contributed by atoms with Crippen molar-refractivity contribution in [2.45, 2.75) is 27.3 Å². The maximum Gasteiger partial charge on any atom is 0.226 e. The summed E-state index contributed by atoms with van der Waals surface area (Å²) in [6, 6.07) is 5.40. The van der Waals surface area contributed by atoms with Crippen LogP contribution in [0.5, 0.6) is 5.88 Å². The molecule has 0 aliphatic heterocycles. The second-order valence-electron chi connectivity index (χ2n) is 4.77. The maximum atomic E-state index is 13.6. The lowest BCUT2D eigenvalue weighted by Gasteiger charge is -2.09. The Labute approximate surface area is 118 Å². The van der Waals surface area contributed by atoms with Gasteiger partial charge in [0.25, 0.3) is 0 Å². The Kier molecular flexibility index (Phi) is 4.17. The zero-order valence-corrected chi connectivity index (χ0v) is 12.1. The van der Waals surface area contributed by atoms with Crippen LogP contribution >= 0.6 is 0 Å². The first-order valence-corrected chi connectivity index (χ1v) is 6.38. The van der Waals surface area contributed by atoms with Crippen LogP contribution < -0.4 is 10.1 Å². The summed E-state index contributed by atoms with van der Waals surface area (Å²) in [5, 5.41) is 3.13. The second kappa shape index (κ2) is 5.86. The molecule has 0 aliphatic rings. The second-order valence-corrected chi connectivity index (χ2v) is 4.77. The van der Waals surface area contributed by atoms with Gasteiger partial charge in [-0.25, -0.2) is 9.37 Å². The molecule has 0 saturated heterocycles. The molecule has 20 heavy (non-hydrogen) atoms. The van der Waals surface area contributed by atoms with Gasteiger partial charge in [-0.05, 0) is 37.5 Å². The summed E-state index contributed by atoms with van der Waals surface area (Å²) in [7, 11) is 1.57. The fourth-order valence-electron chi connectivity index (χ4n) is 2.04. The van der Waals surface area contributed by atoms with E-state index in [4.69, 9.17) is 4.74 Å². The van der Waals surface area contributed by atoms with Gasteiger partial charge in [-0.3, -0.25) is 0 Å². The molecule has 0 amide bonds. The number of halogens is 1. The molecule has 0 spiro atoms. The molecule has 0 unspecified atom stereocenters. The van der Waals surface area contributed by atoms with Gasteiger partial charge in [-0.1, -0.05) is 12.1 Å². The molecule has 0 saturated carbocycles. The summed E-state index contributed by atoms with van der Waals surface area (Å²) in [5.74, 6) is 0.871. The van der Waals surface area contributed by atoms with Gasteiger partial charge in [-0.2, -0.15) is 4.98 Å². The van der Waals surface area contributed by atoms with Gasteiger partial charge in [0.05, 0.1) is 7.11 Å². The number of hydrogen-bond acceptors (Lipinski definition) is 4. The summed E-state index contributed by atoms with van der Waals surface area (Å²) in [6.07, 6.45) is 0. The number of nitrogens with zero attached hydrogens (tertiary/aromatic N) is 2. The fraction of sp³-hybridized carbons (Fsp3) is 0.333. The molecule has 1 N–H and O–H groups in total. The molecule has 2 rings (SSSR count). The van der Waals surface area contributed by atoms with Crippen LogP contribution in [-0.2, 0) is 6.54 Å². The zero-order chi connectivity index (χ0) is 14.7. The number of benzene rings is 1. The van der Waals surface area contributed by atoms with Crippen LogP contribution in [0.1, 0.15) is 22.4 Å². The molecule has 0 bridgehead atoms. The quantitative estimate of drug-likeness (QED) is 0.931. The van der Waals surface area contributed by atoms with Crippen molar-refractivity contribution in [3.05, 3.63) is 46.4 Å². The van der Waals surface area contributed by atoms with E-state index < -0.39 is 0 Å². The highest BCUT2D eigenvalue weighted by molar-refractivity contribution is 5.35. The van der Waals surface area contributed by atoms with E-state index in [-0.39, 0.29) is 5.82 Å². The zero-order valence-electron chi connectivity index (χ0n) is 12.1. The van der Waals surface area contributed by atoms with E-state index in [9.17, 15) is 4.39 Å². The number of rotatable bonds is 4. The molecule has 0 radical (unpaired) electrons. The molecule has 5 heteroatoms. The van der Waals surface area contributed by atoms with Crippen LogP contribution in [0.4, 0.5) is 10.3 Å². The average Bonchev–Trinajstić information content (AvgIpc) is 2.41. The van der Waals surface area contributed by atoms with Gasteiger partial charge in [0.2, 0.25) is 11.8 Å². The van der Waals surface area contributed by atoms with E-state index in [1.54, 1.807) is 27.0 Å². The third-order valence-electron chi connectivity index (χ3n) is 2.99. The van der Waals surface area contributed by atoms with E-state index in [2.05, 4.69) is 15.3 Å². The molecular weight excluding hydrogens is 257 g/mol. The largest absolute Gasteiger partial charge is 0.481 e. The van der Waals surface area contributed by atoms with E-state index in [1.165, 1.54) is 0 Å². The van der Waals surface area contributed by atoms with Crippen molar-refractivity contribution in [2.75, 3.05) is 12.4 Å². The van der Waals surface area contributed by atoms with Crippen molar-refractivity contribution in [2.24, 2.45) is 0 Å². The SMILES string of the molecule is COc1cc(C)nc(NCc2cc(C)c(F)c(C)c2)n1. The lowest BCUT2D eigenvalue weighted by atomic mass is 10.1. The molecule has 4 nitrogen and oxygen atoms in total. The van der Waals surface area contributed by atoms with Crippen molar-refractivity contribution in [1.29, 1.82) is 0 Å². The predicted molar refractivity (Wildman–Crippen MR) is 76.5 cm³/mol. The van der Waals surface area contributed by atoms with Crippen LogP contribution in [0.3, 0.4) is 0 Å². The molecule has 1 heterocycles. The highest BCUT2D eigenvalue weighted by Crippen LogP contribution is 2.16. The van der Waals surface area contributed by atoms with Crippen molar-refractivity contribution in [1.82, 2.24) is 9.97 Å². The van der Waals surface area contributed by atoms with Gasteiger partial charge in [0.15, 0.2) is 0 Å². The average molecular weight is 275 g/mol. The molecule has 0 fully saturated rings. The lowest BCUT2D eigenvalue weighted by Crippen LogP contribution is -2.06. The molecule has 1 aromatic carbocycles. The maximum absolute atomic E-state index is 13.6. The Hall–Kier alpha value is -2.17. The smallest absolute Gasteiger partial charge is 0.226 e.